The van der Waals surface area contributed by atoms with E-state index in [1.807, 2.05) is 23.5 Å². The van der Waals surface area contributed by atoms with Crippen LogP contribution >= 0.6 is 23.5 Å². The summed E-state index contributed by atoms with van der Waals surface area (Å²) in [6, 6.07) is 13.9. The molecule has 2 aromatic rings. The lowest BCUT2D eigenvalue weighted by Gasteiger charge is -2.08. The van der Waals surface area contributed by atoms with E-state index in [0.29, 0.717) is 0 Å². The fourth-order valence-electron chi connectivity index (χ4n) is 2.35. The Morgan fingerprint density at radius 2 is 1.09 bits per heavy atom. The molecule has 0 amide bonds. The molecular formula is C20H28S2. The van der Waals surface area contributed by atoms with E-state index in [9.17, 15) is 0 Å². The fraction of sp³-hybridized carbons (Fsp3) is 0.500. The molecule has 0 saturated heterocycles. The number of rotatable bonds is 8. The Labute approximate surface area is 144 Å². The summed E-state index contributed by atoms with van der Waals surface area (Å²) in [6.07, 6.45) is 0. The maximum atomic E-state index is 2.35. The summed E-state index contributed by atoms with van der Waals surface area (Å²) in [4.78, 5) is 0. The average Bonchev–Trinajstić information content (AvgIpc) is 2.46. The Kier molecular flexibility index (Phi) is 7.17. The van der Waals surface area contributed by atoms with Gasteiger partial charge in [0.25, 0.3) is 0 Å². The molecule has 22 heavy (non-hydrogen) atoms. The van der Waals surface area contributed by atoms with Gasteiger partial charge < -0.3 is 0 Å². The van der Waals surface area contributed by atoms with Gasteiger partial charge in [-0.15, -0.1) is 0 Å². The lowest BCUT2D eigenvalue weighted by molar-refractivity contribution is 0.750. The Bertz CT molecular complexity index is 534. The first-order valence-electron chi connectivity index (χ1n) is 8.21. The summed E-state index contributed by atoms with van der Waals surface area (Å²) in [7, 11) is 0. The van der Waals surface area contributed by atoms with Crippen LogP contribution in [0.25, 0.3) is 10.8 Å². The molecule has 0 unspecified atom stereocenters. The van der Waals surface area contributed by atoms with E-state index in [-0.39, 0.29) is 0 Å². The molecular weight excluding hydrogens is 304 g/mol. The number of fused-ring (bicyclic) bond motifs is 1. The van der Waals surface area contributed by atoms with Gasteiger partial charge in [-0.2, -0.15) is 23.5 Å². The van der Waals surface area contributed by atoms with Crippen LogP contribution in [0.5, 0.6) is 0 Å². The molecule has 0 spiro atoms. The third-order valence-corrected chi connectivity index (χ3v) is 6.29. The lowest BCUT2D eigenvalue weighted by Crippen LogP contribution is -1.92. The van der Waals surface area contributed by atoms with Crippen LogP contribution in [-0.4, -0.2) is 11.5 Å². The van der Waals surface area contributed by atoms with Crippen molar-refractivity contribution in [2.24, 2.45) is 11.8 Å². The maximum Gasteiger partial charge on any atom is 0.0184 e. The van der Waals surface area contributed by atoms with Crippen molar-refractivity contribution in [2.75, 3.05) is 11.5 Å². The quantitative estimate of drug-likeness (QED) is 0.533. The first-order chi connectivity index (χ1) is 10.5. The molecule has 0 saturated carbocycles. The SMILES string of the molecule is CC(C)CSCc1ccc2cc(CSCC(C)C)ccc2c1. The minimum absolute atomic E-state index is 0.774. The van der Waals surface area contributed by atoms with Gasteiger partial charge in [-0.3, -0.25) is 0 Å². The Morgan fingerprint density at radius 1 is 0.682 bits per heavy atom. The molecule has 0 bridgehead atoms. The lowest BCUT2D eigenvalue weighted by atomic mass is 10.1. The van der Waals surface area contributed by atoms with Crippen LogP contribution in [0.2, 0.25) is 0 Å². The molecule has 2 aromatic carbocycles. The van der Waals surface area contributed by atoms with Gasteiger partial charge >= 0.3 is 0 Å². The van der Waals surface area contributed by atoms with Crippen molar-refractivity contribution in [3.8, 4) is 0 Å². The van der Waals surface area contributed by atoms with Crippen LogP contribution in [0.4, 0.5) is 0 Å². The molecule has 0 fully saturated rings. The summed E-state index contributed by atoms with van der Waals surface area (Å²) in [6.45, 7) is 9.14. The predicted molar refractivity (Wildman–Crippen MR) is 106 cm³/mol. The highest BCUT2D eigenvalue weighted by Crippen LogP contribution is 2.24. The second-order valence-electron chi connectivity index (χ2n) is 6.83. The molecule has 0 N–H and O–H groups in total. The normalized spacial score (nSPS) is 11.7. The van der Waals surface area contributed by atoms with Crippen molar-refractivity contribution in [1.29, 1.82) is 0 Å². The van der Waals surface area contributed by atoms with Crippen molar-refractivity contribution in [2.45, 2.75) is 39.2 Å². The van der Waals surface area contributed by atoms with Crippen LogP contribution in [0.3, 0.4) is 0 Å². The molecule has 0 heterocycles. The van der Waals surface area contributed by atoms with Crippen LogP contribution in [-0.2, 0) is 11.5 Å². The largest absolute Gasteiger partial charge is 0.157 e. The molecule has 0 aliphatic rings. The third kappa shape index (κ3) is 5.89. The van der Waals surface area contributed by atoms with E-state index in [0.717, 1.165) is 23.3 Å². The molecule has 0 aromatic heterocycles. The summed E-state index contributed by atoms with van der Waals surface area (Å²) in [5.41, 5.74) is 2.89. The summed E-state index contributed by atoms with van der Waals surface area (Å²) in [5.74, 6) is 6.28. The second kappa shape index (κ2) is 8.88. The molecule has 0 atom stereocenters. The van der Waals surface area contributed by atoms with Crippen molar-refractivity contribution < 1.29 is 0 Å². The van der Waals surface area contributed by atoms with E-state index in [2.05, 4.69) is 64.1 Å². The predicted octanol–water partition coefficient (Wildman–Crippen LogP) is 6.62. The summed E-state index contributed by atoms with van der Waals surface area (Å²) in [5, 5.41) is 2.75. The van der Waals surface area contributed by atoms with E-state index in [4.69, 9.17) is 0 Å². The Hall–Kier alpha value is -0.600. The van der Waals surface area contributed by atoms with E-state index in [1.165, 1.54) is 33.4 Å². The van der Waals surface area contributed by atoms with E-state index in [1.54, 1.807) is 0 Å². The highest BCUT2D eigenvalue weighted by atomic mass is 32.2. The van der Waals surface area contributed by atoms with Gasteiger partial charge in [-0.1, -0.05) is 64.1 Å². The number of thioether (sulfide) groups is 2. The second-order valence-corrected chi connectivity index (χ2v) is 8.89. The Morgan fingerprint density at radius 3 is 1.45 bits per heavy atom. The molecule has 0 aliphatic heterocycles. The van der Waals surface area contributed by atoms with Gasteiger partial charge in [0.2, 0.25) is 0 Å². The van der Waals surface area contributed by atoms with Crippen LogP contribution < -0.4 is 0 Å². The monoisotopic (exact) mass is 332 g/mol. The van der Waals surface area contributed by atoms with Crippen LogP contribution in [0, 0.1) is 11.8 Å². The topological polar surface area (TPSA) is 0 Å². The molecule has 120 valence electrons. The summed E-state index contributed by atoms with van der Waals surface area (Å²) >= 11 is 4.07. The molecule has 0 radical (unpaired) electrons. The molecule has 0 aliphatic carbocycles. The van der Waals surface area contributed by atoms with E-state index < -0.39 is 0 Å². The number of hydrogen-bond donors (Lipinski definition) is 0. The van der Waals surface area contributed by atoms with E-state index >= 15 is 0 Å². The highest BCUT2D eigenvalue weighted by molar-refractivity contribution is 7.98. The third-order valence-electron chi connectivity index (χ3n) is 3.41. The van der Waals surface area contributed by atoms with Gasteiger partial charge in [0, 0.05) is 11.5 Å². The number of benzene rings is 2. The summed E-state index contributed by atoms with van der Waals surface area (Å²) < 4.78 is 0. The van der Waals surface area contributed by atoms with Crippen LogP contribution in [0.15, 0.2) is 36.4 Å². The van der Waals surface area contributed by atoms with Crippen molar-refractivity contribution in [3.63, 3.8) is 0 Å². The highest BCUT2D eigenvalue weighted by Gasteiger charge is 2.02. The maximum absolute atomic E-state index is 2.35. The van der Waals surface area contributed by atoms with Crippen LogP contribution in [0.1, 0.15) is 38.8 Å². The van der Waals surface area contributed by atoms with Gasteiger partial charge in [0.1, 0.15) is 0 Å². The van der Waals surface area contributed by atoms with Crippen molar-refractivity contribution >= 4 is 34.3 Å². The van der Waals surface area contributed by atoms with Crippen molar-refractivity contribution in [1.82, 2.24) is 0 Å². The molecule has 2 rings (SSSR count). The standard InChI is InChI=1S/C20H28S2/c1-15(2)11-21-13-17-5-7-20-10-18(6-8-19(20)9-17)14-22-12-16(3)4/h5-10,15-16H,11-14H2,1-4H3. The first kappa shape index (κ1) is 17.7. The zero-order chi connectivity index (χ0) is 15.9. The molecule has 0 nitrogen and oxygen atoms in total. The number of hydrogen-bond acceptors (Lipinski definition) is 2. The minimum atomic E-state index is 0.774. The van der Waals surface area contributed by atoms with Gasteiger partial charge in [0.15, 0.2) is 0 Å². The zero-order valence-electron chi connectivity index (χ0n) is 14.3. The molecule has 2 heteroatoms. The van der Waals surface area contributed by atoms with Gasteiger partial charge in [-0.05, 0) is 45.2 Å². The fourth-order valence-corrected chi connectivity index (χ4v) is 4.36. The average molecular weight is 333 g/mol. The van der Waals surface area contributed by atoms with Gasteiger partial charge in [-0.25, -0.2) is 0 Å². The first-order valence-corrected chi connectivity index (χ1v) is 10.5. The minimum Gasteiger partial charge on any atom is -0.157 e. The van der Waals surface area contributed by atoms with Gasteiger partial charge in [0.05, 0.1) is 0 Å². The Balaban J connectivity index is 1.99. The zero-order valence-corrected chi connectivity index (χ0v) is 15.9. The smallest absolute Gasteiger partial charge is 0.0184 e. The van der Waals surface area contributed by atoms with Crippen molar-refractivity contribution in [3.05, 3.63) is 47.5 Å².